The Morgan fingerprint density at radius 2 is 1.25 bits per heavy atom. The summed E-state index contributed by atoms with van der Waals surface area (Å²) < 4.78 is 0. The normalized spacial score (nSPS) is 1.00. The molecule has 0 fully saturated rings. The molecular formula is CH3NaOS. The van der Waals surface area contributed by atoms with Gasteiger partial charge >= 0.3 is 29.6 Å². The number of carbonyl (C=O) groups excluding carboxylic acids is 1. The van der Waals surface area contributed by atoms with E-state index >= 15 is 0 Å². The van der Waals surface area contributed by atoms with Gasteiger partial charge in [0.25, 0.3) is 0 Å². The minimum Gasteiger partial charge on any atom is -0.813 e. The van der Waals surface area contributed by atoms with Crippen molar-refractivity contribution in [3.8, 4) is 0 Å². The molecule has 4 heavy (non-hydrogen) atoms. The molecule has 0 spiro atoms. The Bertz CT molecular complexity index is 8.00. The van der Waals surface area contributed by atoms with Crippen LogP contribution >= 0.6 is 0 Å². The molecule has 3 heteroatoms. The van der Waals surface area contributed by atoms with E-state index in [0.717, 1.165) is 0 Å². The third-order valence-electron chi connectivity index (χ3n) is 0. The molecule has 0 aromatic rings. The third kappa shape index (κ3) is 11.8. The first-order chi connectivity index (χ1) is 1.00. The van der Waals surface area contributed by atoms with Gasteiger partial charge in [0.15, 0.2) is 0 Å². The molecule has 1 nitrogen and oxygen atoms in total. The minimum absolute atomic E-state index is 0. The molecule has 0 bridgehead atoms. The Labute approximate surface area is 54.5 Å². The molecule has 0 aliphatic carbocycles. The van der Waals surface area contributed by atoms with Gasteiger partial charge in [0.05, 0.1) is 0 Å². The summed E-state index contributed by atoms with van der Waals surface area (Å²) in [5.74, 6) is 0. The van der Waals surface area contributed by atoms with Crippen LogP contribution in [0, 0.1) is 0 Å². The predicted octanol–water partition coefficient (Wildman–Crippen LogP) is -3.45. The zero-order chi connectivity index (χ0) is 2.00. The molecule has 0 atom stereocenters. The second-order valence-electron chi connectivity index (χ2n) is 0. The van der Waals surface area contributed by atoms with Gasteiger partial charge in [0, 0.05) is 0 Å². The molecule has 0 unspecified atom stereocenters. The molecule has 0 rings (SSSR count). The summed E-state index contributed by atoms with van der Waals surface area (Å²) in [5, 5.41) is 0. The first kappa shape index (κ1) is 19.9. The van der Waals surface area contributed by atoms with Crippen molar-refractivity contribution in [1.82, 2.24) is 0 Å². The van der Waals surface area contributed by atoms with Crippen LogP contribution in [0.4, 0.5) is 0 Å². The van der Waals surface area contributed by atoms with Crippen LogP contribution in [0.1, 0.15) is 0 Å². The minimum atomic E-state index is 0. The molecule has 0 amide bonds. The van der Waals surface area contributed by atoms with Crippen LogP contribution in [-0.4, -0.2) is 6.79 Å². The van der Waals surface area contributed by atoms with Crippen LogP contribution in [0.5, 0.6) is 0 Å². The summed E-state index contributed by atoms with van der Waals surface area (Å²) in [6, 6.07) is 0. The number of rotatable bonds is 0. The topological polar surface area (TPSA) is 17.1 Å². The van der Waals surface area contributed by atoms with Gasteiger partial charge in [-0.25, -0.2) is 0 Å². The number of hydrogen-bond donors (Lipinski definition) is 0. The van der Waals surface area contributed by atoms with E-state index in [1.807, 2.05) is 6.79 Å². The van der Waals surface area contributed by atoms with Gasteiger partial charge in [-0.15, -0.1) is 0 Å². The van der Waals surface area contributed by atoms with E-state index in [0.29, 0.717) is 0 Å². The zero-order valence-corrected chi connectivity index (χ0v) is 5.46. The van der Waals surface area contributed by atoms with Crippen LogP contribution in [-0.2, 0) is 18.3 Å². The van der Waals surface area contributed by atoms with E-state index in [2.05, 4.69) is 0 Å². The second-order valence-corrected chi connectivity index (χ2v) is 0. The van der Waals surface area contributed by atoms with E-state index in [1.54, 1.807) is 0 Å². The van der Waals surface area contributed by atoms with E-state index < -0.39 is 0 Å². The molecule has 0 heterocycles. The van der Waals surface area contributed by atoms with E-state index in [1.165, 1.54) is 0 Å². The maximum absolute atomic E-state index is 8.00. The number of thiol groups is 1. The predicted molar refractivity (Wildman–Crippen MR) is 15.9 cm³/mol. The number of hydrogen-bond acceptors (Lipinski definition) is 2. The Morgan fingerprint density at radius 1 is 1.25 bits per heavy atom. The smallest absolute Gasteiger partial charge is 0.813 e. The van der Waals surface area contributed by atoms with Crippen molar-refractivity contribution in [3.63, 3.8) is 0 Å². The van der Waals surface area contributed by atoms with Gasteiger partial charge in [-0.05, 0) is 0 Å². The molecule has 0 aromatic heterocycles. The summed E-state index contributed by atoms with van der Waals surface area (Å²) in [4.78, 5) is 8.00. The second kappa shape index (κ2) is 35.2. The van der Waals surface area contributed by atoms with Crippen LogP contribution in [0.3, 0.4) is 0 Å². The Kier molecular flexibility index (Phi) is 175. The molecule has 0 aliphatic rings. The monoisotopic (exact) mass is 86.0 g/mol. The van der Waals surface area contributed by atoms with Crippen molar-refractivity contribution in [3.05, 3.63) is 0 Å². The third-order valence-corrected chi connectivity index (χ3v) is 0. The summed E-state index contributed by atoms with van der Waals surface area (Å²) >= 11 is 0. The van der Waals surface area contributed by atoms with E-state index in [4.69, 9.17) is 4.79 Å². The largest absolute Gasteiger partial charge is 1.00 e. The first-order valence-electron chi connectivity index (χ1n) is 0.289. The molecule has 0 saturated heterocycles. The van der Waals surface area contributed by atoms with E-state index in [9.17, 15) is 0 Å². The van der Waals surface area contributed by atoms with Gasteiger partial charge < -0.3 is 18.3 Å². The van der Waals surface area contributed by atoms with Crippen LogP contribution < -0.4 is 29.6 Å². The van der Waals surface area contributed by atoms with Crippen LogP contribution in [0.25, 0.3) is 0 Å². The quantitative estimate of drug-likeness (QED) is 0.173. The van der Waals surface area contributed by atoms with Gasteiger partial charge in [-0.1, -0.05) is 0 Å². The van der Waals surface area contributed by atoms with Gasteiger partial charge in [-0.3, -0.25) is 0 Å². The van der Waals surface area contributed by atoms with Crippen LogP contribution in [0.15, 0.2) is 0 Å². The standard InChI is InChI=1S/CH2O.Na.H2S/c1-2;;/h1H2;;1H2/q;+1;/p-1. The summed E-state index contributed by atoms with van der Waals surface area (Å²) in [6.45, 7) is 2.00. The van der Waals surface area contributed by atoms with Gasteiger partial charge in [-0.2, -0.15) is 0 Å². The Hall–Kier alpha value is 1.02. The molecule has 0 saturated carbocycles. The zero-order valence-electron chi connectivity index (χ0n) is 2.56. The van der Waals surface area contributed by atoms with Crippen LogP contribution in [0.2, 0.25) is 0 Å². The van der Waals surface area contributed by atoms with Gasteiger partial charge in [0.2, 0.25) is 0 Å². The van der Waals surface area contributed by atoms with Gasteiger partial charge in [0.1, 0.15) is 6.79 Å². The van der Waals surface area contributed by atoms with Crippen molar-refractivity contribution in [2.75, 3.05) is 0 Å². The molecule has 0 aromatic carbocycles. The number of carbonyl (C=O) groups is 1. The Balaban J connectivity index is -0.00000000500. The summed E-state index contributed by atoms with van der Waals surface area (Å²) in [7, 11) is 0. The maximum Gasteiger partial charge on any atom is 1.00 e. The summed E-state index contributed by atoms with van der Waals surface area (Å²) in [5.41, 5.74) is 0. The fourth-order valence-corrected chi connectivity index (χ4v) is 0. The average molecular weight is 86.1 g/mol. The van der Waals surface area contributed by atoms with Crippen molar-refractivity contribution in [1.29, 1.82) is 0 Å². The Morgan fingerprint density at radius 3 is 1.25 bits per heavy atom. The van der Waals surface area contributed by atoms with E-state index in [-0.39, 0.29) is 43.1 Å². The average Bonchev–Trinajstić information content (AvgIpc) is 1.00. The molecular weight excluding hydrogens is 83.1 g/mol. The molecule has 20 valence electrons. The fraction of sp³-hybridized carbons (Fsp3) is 0. The fourth-order valence-electron chi connectivity index (χ4n) is 0. The van der Waals surface area contributed by atoms with Crippen molar-refractivity contribution >= 4 is 20.3 Å². The van der Waals surface area contributed by atoms with Crippen molar-refractivity contribution in [2.24, 2.45) is 0 Å². The molecule has 0 radical (unpaired) electrons. The van der Waals surface area contributed by atoms with Crippen molar-refractivity contribution in [2.45, 2.75) is 0 Å². The SMILES string of the molecule is C=O.[Na+].[SH-]. The van der Waals surface area contributed by atoms with Crippen molar-refractivity contribution < 1.29 is 34.4 Å². The summed E-state index contributed by atoms with van der Waals surface area (Å²) in [6.07, 6.45) is 0. The molecule has 0 aliphatic heterocycles. The first-order valence-corrected chi connectivity index (χ1v) is 0.289. The molecule has 0 N–H and O–H groups in total. The maximum atomic E-state index is 8.00.